The summed E-state index contributed by atoms with van der Waals surface area (Å²) in [7, 11) is 7.33. The van der Waals surface area contributed by atoms with Gasteiger partial charge in [0.2, 0.25) is 5.88 Å². The number of urea groups is 1. The number of carbonyl (C=O) groups is 1. The first-order valence-electron chi connectivity index (χ1n) is 11.6. The summed E-state index contributed by atoms with van der Waals surface area (Å²) in [5, 5.41) is 2.85. The smallest absolute Gasteiger partial charge is 0.327 e. The van der Waals surface area contributed by atoms with Gasteiger partial charge in [-0.25, -0.2) is 14.8 Å². The van der Waals surface area contributed by atoms with E-state index in [2.05, 4.69) is 25.2 Å². The lowest BCUT2D eigenvalue weighted by Crippen LogP contribution is -2.31. The molecule has 2 aromatic carbocycles. The van der Waals surface area contributed by atoms with Gasteiger partial charge in [-0.3, -0.25) is 9.88 Å². The molecule has 0 aliphatic heterocycles. The lowest BCUT2D eigenvalue weighted by atomic mass is 10.1. The fourth-order valence-corrected chi connectivity index (χ4v) is 3.52. The van der Waals surface area contributed by atoms with Crippen molar-refractivity contribution in [1.29, 1.82) is 0 Å². The summed E-state index contributed by atoms with van der Waals surface area (Å²) in [5.74, 6) is 1.75. The van der Waals surface area contributed by atoms with Gasteiger partial charge < -0.3 is 19.7 Å². The average molecular weight is 487 g/mol. The molecule has 0 aliphatic rings. The van der Waals surface area contributed by atoms with Crippen molar-refractivity contribution in [2.24, 2.45) is 0 Å². The van der Waals surface area contributed by atoms with Crippen molar-refractivity contribution in [3.05, 3.63) is 67.0 Å². The number of carbonyl (C=O) groups excluding carboxylic acids is 1. The Morgan fingerprint density at radius 3 is 2.39 bits per heavy atom. The van der Waals surface area contributed by atoms with E-state index < -0.39 is 0 Å². The zero-order chi connectivity index (χ0) is 25.5. The molecule has 2 aromatic heterocycles. The zero-order valence-electron chi connectivity index (χ0n) is 20.9. The number of rotatable bonds is 9. The van der Waals surface area contributed by atoms with Gasteiger partial charge in [-0.1, -0.05) is 6.07 Å². The minimum Gasteiger partial charge on any atom is -0.497 e. The summed E-state index contributed by atoms with van der Waals surface area (Å²) in [6.07, 6.45) is 4.31. The standard InChI is InChI=1S/C27H30N6O3/c1-32(2)14-5-15-36-26-13-7-20(17-29-26)19-6-12-23-24(16-19)31-25(18-28-23)33(3)27(34)30-21-8-10-22(35-4)11-9-21/h6-13,16-18H,5,14-15H2,1-4H3,(H,30,34). The van der Waals surface area contributed by atoms with Crippen molar-refractivity contribution in [2.75, 3.05) is 51.6 Å². The van der Waals surface area contributed by atoms with Crippen molar-refractivity contribution in [3.63, 3.8) is 0 Å². The third-order valence-corrected chi connectivity index (χ3v) is 5.59. The van der Waals surface area contributed by atoms with E-state index in [0.29, 0.717) is 29.5 Å². The molecule has 0 aliphatic carbocycles. The highest BCUT2D eigenvalue weighted by atomic mass is 16.5. The van der Waals surface area contributed by atoms with Crippen molar-refractivity contribution >= 4 is 28.6 Å². The topological polar surface area (TPSA) is 92.7 Å². The predicted molar refractivity (Wildman–Crippen MR) is 142 cm³/mol. The van der Waals surface area contributed by atoms with Gasteiger partial charge in [0.15, 0.2) is 5.82 Å². The fourth-order valence-electron chi connectivity index (χ4n) is 3.52. The zero-order valence-corrected chi connectivity index (χ0v) is 20.9. The molecule has 0 saturated carbocycles. The fraction of sp³-hybridized carbons (Fsp3) is 0.259. The number of ether oxygens (including phenoxy) is 2. The summed E-state index contributed by atoms with van der Waals surface area (Å²) in [6.45, 7) is 1.59. The van der Waals surface area contributed by atoms with Crippen molar-refractivity contribution in [3.8, 4) is 22.8 Å². The number of hydrogen-bond donors (Lipinski definition) is 1. The highest BCUT2D eigenvalue weighted by Gasteiger charge is 2.14. The monoisotopic (exact) mass is 486 g/mol. The van der Waals surface area contributed by atoms with E-state index in [1.165, 1.54) is 4.90 Å². The van der Waals surface area contributed by atoms with E-state index in [0.717, 1.165) is 35.4 Å². The van der Waals surface area contributed by atoms with Gasteiger partial charge in [-0.2, -0.15) is 0 Å². The molecule has 0 saturated heterocycles. The van der Waals surface area contributed by atoms with Gasteiger partial charge in [-0.15, -0.1) is 0 Å². The molecule has 0 radical (unpaired) electrons. The molecule has 9 heteroatoms. The van der Waals surface area contributed by atoms with Gasteiger partial charge in [-0.05, 0) is 68.5 Å². The summed E-state index contributed by atoms with van der Waals surface area (Å²) in [5.41, 5.74) is 3.96. The predicted octanol–water partition coefficient (Wildman–Crippen LogP) is 4.70. The van der Waals surface area contributed by atoms with E-state index in [4.69, 9.17) is 9.47 Å². The van der Waals surface area contributed by atoms with Crippen LogP contribution in [0.15, 0.2) is 67.0 Å². The van der Waals surface area contributed by atoms with Crippen LogP contribution in [0, 0.1) is 0 Å². The molecule has 0 atom stereocenters. The highest BCUT2D eigenvalue weighted by molar-refractivity contribution is 6.01. The molecule has 2 heterocycles. The Morgan fingerprint density at radius 1 is 0.917 bits per heavy atom. The maximum absolute atomic E-state index is 12.7. The quantitative estimate of drug-likeness (QED) is 0.343. The Balaban J connectivity index is 1.45. The van der Waals surface area contributed by atoms with Gasteiger partial charge in [0.25, 0.3) is 0 Å². The average Bonchev–Trinajstić information content (AvgIpc) is 2.90. The second kappa shape index (κ2) is 11.5. The number of anilines is 2. The summed E-state index contributed by atoms with van der Waals surface area (Å²) in [4.78, 5) is 29.9. The first kappa shape index (κ1) is 24.9. The Bertz CT molecular complexity index is 1310. The largest absolute Gasteiger partial charge is 0.497 e. The summed E-state index contributed by atoms with van der Waals surface area (Å²) in [6, 6.07) is 16.5. The number of pyridine rings is 1. The van der Waals surface area contributed by atoms with Crippen LogP contribution in [0.4, 0.5) is 16.3 Å². The van der Waals surface area contributed by atoms with Crippen LogP contribution >= 0.6 is 0 Å². The molecule has 2 amide bonds. The maximum atomic E-state index is 12.7. The van der Waals surface area contributed by atoms with E-state index in [1.54, 1.807) is 50.8 Å². The number of aromatic nitrogens is 3. The van der Waals surface area contributed by atoms with Crippen molar-refractivity contribution in [1.82, 2.24) is 19.9 Å². The normalized spacial score (nSPS) is 10.9. The first-order chi connectivity index (χ1) is 17.4. The molecule has 36 heavy (non-hydrogen) atoms. The number of amides is 2. The molecule has 4 rings (SSSR count). The molecule has 4 aromatic rings. The van der Waals surface area contributed by atoms with E-state index in [1.807, 2.05) is 44.4 Å². The van der Waals surface area contributed by atoms with Crippen LogP contribution < -0.4 is 19.7 Å². The number of nitrogens with zero attached hydrogens (tertiary/aromatic N) is 5. The maximum Gasteiger partial charge on any atom is 0.327 e. The van der Waals surface area contributed by atoms with E-state index in [-0.39, 0.29) is 6.03 Å². The molecular formula is C27H30N6O3. The highest BCUT2D eigenvalue weighted by Crippen LogP contribution is 2.25. The molecule has 1 N–H and O–H groups in total. The van der Waals surface area contributed by atoms with Crippen LogP contribution in [0.2, 0.25) is 0 Å². The number of methoxy groups -OCH3 is 1. The second-order valence-corrected chi connectivity index (χ2v) is 8.54. The minimum atomic E-state index is -0.324. The van der Waals surface area contributed by atoms with E-state index >= 15 is 0 Å². The number of benzene rings is 2. The van der Waals surface area contributed by atoms with Crippen LogP contribution in [0.5, 0.6) is 11.6 Å². The van der Waals surface area contributed by atoms with E-state index in [9.17, 15) is 4.79 Å². The van der Waals surface area contributed by atoms with Crippen molar-refractivity contribution < 1.29 is 14.3 Å². The Hall–Kier alpha value is -4.24. The van der Waals surface area contributed by atoms with Gasteiger partial charge >= 0.3 is 6.03 Å². The van der Waals surface area contributed by atoms with Gasteiger partial charge in [0.1, 0.15) is 5.75 Å². The molecule has 0 spiro atoms. The van der Waals surface area contributed by atoms with Crippen LogP contribution in [-0.4, -0.2) is 67.3 Å². The Morgan fingerprint density at radius 2 is 1.69 bits per heavy atom. The Kier molecular flexibility index (Phi) is 7.92. The van der Waals surface area contributed by atoms with Crippen molar-refractivity contribution in [2.45, 2.75) is 6.42 Å². The molecular weight excluding hydrogens is 456 g/mol. The van der Waals surface area contributed by atoms with Crippen LogP contribution in [0.25, 0.3) is 22.2 Å². The van der Waals surface area contributed by atoms with Gasteiger partial charge in [0.05, 0.1) is 30.9 Å². The Labute approximate surface area is 210 Å². The second-order valence-electron chi connectivity index (χ2n) is 8.54. The van der Waals surface area contributed by atoms with Crippen LogP contribution in [-0.2, 0) is 0 Å². The summed E-state index contributed by atoms with van der Waals surface area (Å²) >= 11 is 0. The number of fused-ring (bicyclic) bond motifs is 1. The molecule has 186 valence electrons. The number of nitrogens with one attached hydrogen (secondary N) is 1. The SMILES string of the molecule is COc1ccc(NC(=O)N(C)c2cnc3ccc(-c4ccc(OCCCN(C)C)nc4)cc3n2)cc1. The third kappa shape index (κ3) is 6.25. The molecule has 0 unspecified atom stereocenters. The van der Waals surface area contributed by atoms with Crippen LogP contribution in [0.3, 0.4) is 0 Å². The third-order valence-electron chi connectivity index (χ3n) is 5.59. The molecule has 9 nitrogen and oxygen atoms in total. The molecule has 0 bridgehead atoms. The summed E-state index contributed by atoms with van der Waals surface area (Å²) < 4.78 is 10.9. The number of hydrogen-bond acceptors (Lipinski definition) is 7. The van der Waals surface area contributed by atoms with Gasteiger partial charge in [0, 0.05) is 37.1 Å². The lowest BCUT2D eigenvalue weighted by molar-refractivity contribution is 0.258. The van der Waals surface area contributed by atoms with Crippen LogP contribution in [0.1, 0.15) is 6.42 Å². The lowest BCUT2D eigenvalue weighted by Gasteiger charge is -2.17. The minimum absolute atomic E-state index is 0.324. The first-order valence-corrected chi connectivity index (χ1v) is 11.6. The molecule has 0 fully saturated rings.